The van der Waals surface area contributed by atoms with Crippen LogP contribution in [0.5, 0.6) is 0 Å². The van der Waals surface area contributed by atoms with Gasteiger partial charge in [0.05, 0.1) is 0 Å². The molecule has 0 radical (unpaired) electrons. The Balaban J connectivity index is 1.89. The molecule has 0 spiro atoms. The zero-order valence-corrected chi connectivity index (χ0v) is 13.5. The molecule has 23 heavy (non-hydrogen) atoms. The van der Waals surface area contributed by atoms with E-state index in [-0.39, 0.29) is 24.0 Å². The third-order valence-corrected chi connectivity index (χ3v) is 4.65. The molecule has 0 aliphatic carbocycles. The molecule has 2 N–H and O–H groups in total. The van der Waals surface area contributed by atoms with Gasteiger partial charge in [0.15, 0.2) is 0 Å². The van der Waals surface area contributed by atoms with E-state index in [4.69, 9.17) is 11.6 Å². The van der Waals surface area contributed by atoms with Gasteiger partial charge in [-0.2, -0.15) is 0 Å². The SMILES string of the molecule is O=C(NCCNS(=O)(=O)c1ccc(Cl)cc1F)c1ccccc1. The minimum absolute atomic E-state index is 0.0665. The Morgan fingerprint density at radius 2 is 1.78 bits per heavy atom. The molecule has 0 aliphatic rings. The molecule has 0 saturated heterocycles. The number of amides is 1. The summed E-state index contributed by atoms with van der Waals surface area (Å²) in [6, 6.07) is 11.8. The molecular formula is C15H14ClFN2O3S. The number of hydrogen-bond donors (Lipinski definition) is 2. The number of carbonyl (C=O) groups excluding carboxylic acids is 1. The zero-order valence-electron chi connectivity index (χ0n) is 11.9. The summed E-state index contributed by atoms with van der Waals surface area (Å²) in [5, 5.41) is 2.67. The predicted molar refractivity (Wildman–Crippen MR) is 85.4 cm³/mol. The molecule has 0 saturated carbocycles. The summed E-state index contributed by atoms with van der Waals surface area (Å²) in [6.07, 6.45) is 0. The lowest BCUT2D eigenvalue weighted by Crippen LogP contribution is -2.35. The third kappa shape index (κ3) is 4.75. The number of benzene rings is 2. The van der Waals surface area contributed by atoms with Crippen LogP contribution in [0.1, 0.15) is 10.4 Å². The van der Waals surface area contributed by atoms with Crippen molar-refractivity contribution in [1.82, 2.24) is 10.0 Å². The molecule has 0 aromatic heterocycles. The number of hydrogen-bond acceptors (Lipinski definition) is 3. The van der Waals surface area contributed by atoms with Crippen LogP contribution < -0.4 is 10.0 Å². The maximum atomic E-state index is 13.6. The standard InChI is InChI=1S/C15H14ClFN2O3S/c16-12-6-7-14(13(17)10-12)23(21,22)19-9-8-18-15(20)11-4-2-1-3-5-11/h1-7,10,19H,8-9H2,(H,18,20). The molecule has 0 unspecified atom stereocenters. The number of halogens is 2. The maximum absolute atomic E-state index is 13.6. The smallest absolute Gasteiger partial charge is 0.251 e. The molecule has 0 fully saturated rings. The molecule has 2 rings (SSSR count). The normalized spacial score (nSPS) is 11.2. The molecule has 2 aromatic rings. The van der Waals surface area contributed by atoms with Crippen molar-refractivity contribution in [3.63, 3.8) is 0 Å². The van der Waals surface area contributed by atoms with Gasteiger partial charge in [0.2, 0.25) is 10.0 Å². The van der Waals surface area contributed by atoms with Crippen molar-refractivity contribution in [2.45, 2.75) is 4.90 Å². The van der Waals surface area contributed by atoms with Crippen molar-refractivity contribution < 1.29 is 17.6 Å². The molecule has 1 amide bonds. The summed E-state index contributed by atoms with van der Waals surface area (Å²) in [5.41, 5.74) is 0.471. The van der Waals surface area contributed by atoms with Crippen LogP contribution in [0.3, 0.4) is 0 Å². The average Bonchev–Trinajstić information content (AvgIpc) is 2.52. The fourth-order valence-electron chi connectivity index (χ4n) is 1.82. The van der Waals surface area contributed by atoms with Gasteiger partial charge in [-0.15, -0.1) is 0 Å². The van der Waals surface area contributed by atoms with E-state index < -0.39 is 20.7 Å². The van der Waals surface area contributed by atoms with Crippen molar-refractivity contribution >= 4 is 27.5 Å². The Kier molecular flexibility index (Phi) is 5.70. The lowest BCUT2D eigenvalue weighted by Gasteiger charge is -2.09. The van der Waals surface area contributed by atoms with Crippen LogP contribution in [0, 0.1) is 5.82 Å². The monoisotopic (exact) mass is 356 g/mol. The van der Waals surface area contributed by atoms with Gasteiger partial charge in [-0.3, -0.25) is 4.79 Å². The summed E-state index contributed by atoms with van der Waals surface area (Å²) in [6.45, 7) is 0.00510. The predicted octanol–water partition coefficient (Wildman–Crippen LogP) is 2.19. The van der Waals surface area contributed by atoms with E-state index >= 15 is 0 Å². The minimum Gasteiger partial charge on any atom is -0.351 e. The van der Waals surface area contributed by atoms with Gasteiger partial charge >= 0.3 is 0 Å². The Hall–Kier alpha value is -1.96. The van der Waals surface area contributed by atoms with Gasteiger partial charge < -0.3 is 5.32 Å². The first-order valence-electron chi connectivity index (χ1n) is 6.68. The number of rotatable bonds is 6. The first-order valence-corrected chi connectivity index (χ1v) is 8.54. The third-order valence-electron chi connectivity index (χ3n) is 2.92. The molecular weight excluding hydrogens is 343 g/mol. The Labute approximate surface area is 138 Å². The van der Waals surface area contributed by atoms with Gasteiger partial charge in [0, 0.05) is 23.7 Å². The lowest BCUT2D eigenvalue weighted by atomic mass is 10.2. The zero-order chi connectivity index (χ0) is 16.9. The highest BCUT2D eigenvalue weighted by Crippen LogP contribution is 2.18. The number of nitrogens with one attached hydrogen (secondary N) is 2. The van der Waals surface area contributed by atoms with E-state index in [9.17, 15) is 17.6 Å². The average molecular weight is 357 g/mol. The van der Waals surface area contributed by atoms with Crippen LogP contribution in [0.4, 0.5) is 4.39 Å². The van der Waals surface area contributed by atoms with E-state index in [2.05, 4.69) is 10.0 Å². The second kappa shape index (κ2) is 7.54. The van der Waals surface area contributed by atoms with Crippen LogP contribution in [-0.2, 0) is 10.0 Å². The lowest BCUT2D eigenvalue weighted by molar-refractivity contribution is 0.0954. The fourth-order valence-corrected chi connectivity index (χ4v) is 3.07. The molecule has 0 atom stereocenters. The first kappa shape index (κ1) is 17.4. The molecule has 0 aliphatic heterocycles. The van der Waals surface area contributed by atoms with Gasteiger partial charge in [0.25, 0.3) is 5.91 Å². The Morgan fingerprint density at radius 3 is 2.43 bits per heavy atom. The molecule has 0 heterocycles. The second-order valence-electron chi connectivity index (χ2n) is 4.59. The van der Waals surface area contributed by atoms with E-state index in [0.717, 1.165) is 12.1 Å². The first-order chi connectivity index (χ1) is 10.9. The van der Waals surface area contributed by atoms with Crippen LogP contribution in [-0.4, -0.2) is 27.4 Å². The molecule has 2 aromatic carbocycles. The molecule has 0 bridgehead atoms. The summed E-state index contributed by atoms with van der Waals surface area (Å²) in [7, 11) is -4.01. The number of carbonyl (C=O) groups is 1. The highest BCUT2D eigenvalue weighted by atomic mass is 35.5. The quantitative estimate of drug-likeness (QED) is 0.779. The summed E-state index contributed by atoms with van der Waals surface area (Å²) >= 11 is 5.58. The van der Waals surface area contributed by atoms with Gasteiger partial charge in [0.1, 0.15) is 10.7 Å². The largest absolute Gasteiger partial charge is 0.351 e. The summed E-state index contributed by atoms with van der Waals surface area (Å²) in [5.74, 6) is -1.25. The van der Waals surface area contributed by atoms with Gasteiger partial charge in [-0.05, 0) is 30.3 Å². The van der Waals surface area contributed by atoms with Crippen LogP contribution in [0.25, 0.3) is 0 Å². The van der Waals surface area contributed by atoms with Crippen LogP contribution >= 0.6 is 11.6 Å². The molecule has 122 valence electrons. The maximum Gasteiger partial charge on any atom is 0.251 e. The van der Waals surface area contributed by atoms with Crippen molar-refractivity contribution in [2.24, 2.45) is 0 Å². The number of sulfonamides is 1. The van der Waals surface area contributed by atoms with Crippen LogP contribution in [0.2, 0.25) is 5.02 Å². The Bertz CT molecular complexity index is 798. The summed E-state index contributed by atoms with van der Waals surface area (Å²) in [4.78, 5) is 11.3. The highest BCUT2D eigenvalue weighted by Gasteiger charge is 2.18. The van der Waals surface area contributed by atoms with Gasteiger partial charge in [-0.1, -0.05) is 29.8 Å². The Morgan fingerprint density at radius 1 is 1.09 bits per heavy atom. The molecule has 5 nitrogen and oxygen atoms in total. The fraction of sp³-hybridized carbons (Fsp3) is 0.133. The second-order valence-corrected chi connectivity index (χ2v) is 6.77. The van der Waals surface area contributed by atoms with Crippen molar-refractivity contribution in [2.75, 3.05) is 13.1 Å². The van der Waals surface area contributed by atoms with E-state index in [0.29, 0.717) is 5.56 Å². The van der Waals surface area contributed by atoms with E-state index in [1.54, 1.807) is 30.3 Å². The van der Waals surface area contributed by atoms with Gasteiger partial charge in [-0.25, -0.2) is 17.5 Å². The van der Waals surface area contributed by atoms with Crippen molar-refractivity contribution in [3.05, 3.63) is 64.9 Å². The topological polar surface area (TPSA) is 75.3 Å². The van der Waals surface area contributed by atoms with Crippen molar-refractivity contribution in [3.8, 4) is 0 Å². The van der Waals surface area contributed by atoms with Crippen molar-refractivity contribution in [1.29, 1.82) is 0 Å². The van der Waals surface area contributed by atoms with E-state index in [1.165, 1.54) is 6.07 Å². The minimum atomic E-state index is -4.01. The molecule has 8 heteroatoms. The van der Waals surface area contributed by atoms with Crippen LogP contribution in [0.15, 0.2) is 53.4 Å². The van der Waals surface area contributed by atoms with E-state index in [1.807, 2.05) is 0 Å². The highest BCUT2D eigenvalue weighted by molar-refractivity contribution is 7.89. The summed E-state index contributed by atoms with van der Waals surface area (Å²) < 4.78 is 39.8.